The molecule has 1 heterocycles. The van der Waals surface area contributed by atoms with Crippen molar-refractivity contribution in [2.45, 2.75) is 19.9 Å². The maximum Gasteiger partial charge on any atom is 0.255 e. The van der Waals surface area contributed by atoms with Gasteiger partial charge in [0.25, 0.3) is 5.91 Å². The number of carbonyl (C=O) groups excluding carboxylic acids is 1. The van der Waals surface area contributed by atoms with Gasteiger partial charge in [0.15, 0.2) is 0 Å². The number of hydrogen-bond acceptors (Lipinski definition) is 3. The molecular formula is C14H14BrNO2S. The van der Waals surface area contributed by atoms with E-state index in [0.717, 1.165) is 15.8 Å². The first-order valence-electron chi connectivity index (χ1n) is 5.93. The van der Waals surface area contributed by atoms with Crippen LogP contribution in [0.3, 0.4) is 0 Å². The van der Waals surface area contributed by atoms with E-state index >= 15 is 0 Å². The number of aromatic hydroxyl groups is 1. The Bertz CT molecular complexity index is 595. The normalized spacial score (nSPS) is 10.4. The monoisotopic (exact) mass is 339 g/mol. The molecule has 0 radical (unpaired) electrons. The molecule has 3 nitrogen and oxygen atoms in total. The van der Waals surface area contributed by atoms with Gasteiger partial charge in [0.2, 0.25) is 0 Å². The number of benzene rings is 1. The number of halogens is 1. The molecule has 0 bridgehead atoms. The van der Waals surface area contributed by atoms with Crippen LogP contribution in [0.25, 0.3) is 0 Å². The second kappa shape index (κ2) is 6.21. The highest BCUT2D eigenvalue weighted by Gasteiger charge is 2.12. The Morgan fingerprint density at radius 1 is 1.42 bits per heavy atom. The molecule has 1 aromatic carbocycles. The van der Waals surface area contributed by atoms with Crippen molar-refractivity contribution in [3.05, 3.63) is 50.1 Å². The van der Waals surface area contributed by atoms with Crippen molar-refractivity contribution in [2.24, 2.45) is 0 Å². The van der Waals surface area contributed by atoms with Crippen molar-refractivity contribution in [3.63, 3.8) is 0 Å². The van der Waals surface area contributed by atoms with Gasteiger partial charge in [-0.3, -0.25) is 4.79 Å². The first-order valence-corrected chi connectivity index (χ1v) is 7.61. The summed E-state index contributed by atoms with van der Waals surface area (Å²) in [6.07, 6.45) is 0.957. The molecule has 0 fully saturated rings. The number of rotatable bonds is 4. The number of phenolic OH excluding ortho intramolecular Hbond substituents is 1. The van der Waals surface area contributed by atoms with Crippen LogP contribution in [0, 0.1) is 0 Å². The van der Waals surface area contributed by atoms with Gasteiger partial charge in [-0.05, 0) is 41.6 Å². The molecule has 0 saturated heterocycles. The standard InChI is InChI=1S/C14H14BrNO2S/c1-2-9-5-6-19-13(9)8-16-14(18)11-4-3-10(15)7-12(11)17/h3-7,17H,2,8H2,1H3,(H,16,18). The fourth-order valence-corrected chi connectivity index (χ4v) is 3.05. The molecule has 2 rings (SSSR count). The van der Waals surface area contributed by atoms with Gasteiger partial charge in [0.1, 0.15) is 5.75 Å². The molecule has 0 aliphatic carbocycles. The van der Waals surface area contributed by atoms with E-state index in [1.165, 1.54) is 11.6 Å². The lowest BCUT2D eigenvalue weighted by molar-refractivity contribution is 0.0948. The van der Waals surface area contributed by atoms with E-state index in [9.17, 15) is 9.90 Å². The number of amides is 1. The van der Waals surface area contributed by atoms with Crippen LogP contribution in [-0.4, -0.2) is 11.0 Å². The highest BCUT2D eigenvalue weighted by Crippen LogP contribution is 2.22. The third-order valence-corrected chi connectivity index (χ3v) is 4.29. The second-order valence-corrected chi connectivity index (χ2v) is 5.98. The van der Waals surface area contributed by atoms with Gasteiger partial charge in [-0.15, -0.1) is 11.3 Å². The predicted octanol–water partition coefficient (Wildman–Crippen LogP) is 3.71. The fraction of sp³-hybridized carbons (Fsp3) is 0.214. The highest BCUT2D eigenvalue weighted by molar-refractivity contribution is 9.10. The molecule has 19 heavy (non-hydrogen) atoms. The average Bonchev–Trinajstić information content (AvgIpc) is 2.83. The van der Waals surface area contributed by atoms with Crippen LogP contribution in [0.4, 0.5) is 0 Å². The van der Waals surface area contributed by atoms with Crippen LogP contribution < -0.4 is 5.32 Å². The Hall–Kier alpha value is -1.33. The third-order valence-electron chi connectivity index (χ3n) is 2.83. The Balaban J connectivity index is 2.05. The molecule has 1 amide bonds. The quantitative estimate of drug-likeness (QED) is 0.891. The minimum atomic E-state index is -0.263. The lowest BCUT2D eigenvalue weighted by Crippen LogP contribution is -2.22. The average molecular weight is 340 g/mol. The Kier molecular flexibility index (Phi) is 4.61. The van der Waals surface area contributed by atoms with Crippen LogP contribution in [-0.2, 0) is 13.0 Å². The Labute approximate surface area is 124 Å². The minimum absolute atomic E-state index is 0.0197. The van der Waals surface area contributed by atoms with E-state index in [1.54, 1.807) is 23.5 Å². The number of carbonyl (C=O) groups is 1. The molecule has 0 unspecified atom stereocenters. The van der Waals surface area contributed by atoms with Gasteiger partial charge in [-0.25, -0.2) is 0 Å². The number of phenols is 1. The zero-order valence-electron chi connectivity index (χ0n) is 10.4. The summed E-state index contributed by atoms with van der Waals surface area (Å²) in [5, 5.41) is 14.6. The van der Waals surface area contributed by atoms with E-state index in [-0.39, 0.29) is 17.2 Å². The summed E-state index contributed by atoms with van der Waals surface area (Å²) in [6.45, 7) is 2.59. The zero-order chi connectivity index (χ0) is 13.8. The van der Waals surface area contributed by atoms with Crippen LogP contribution in [0.15, 0.2) is 34.1 Å². The molecule has 5 heteroatoms. The maximum absolute atomic E-state index is 12.0. The molecule has 0 spiro atoms. The van der Waals surface area contributed by atoms with Gasteiger partial charge >= 0.3 is 0 Å². The number of thiophene rings is 1. The van der Waals surface area contributed by atoms with Gasteiger partial charge in [0, 0.05) is 9.35 Å². The summed E-state index contributed by atoms with van der Waals surface area (Å²) >= 11 is 4.88. The molecule has 0 atom stereocenters. The molecule has 0 aliphatic heterocycles. The van der Waals surface area contributed by atoms with Crippen LogP contribution in [0.2, 0.25) is 0 Å². The summed E-state index contributed by atoms with van der Waals surface area (Å²) in [5.74, 6) is -0.283. The topological polar surface area (TPSA) is 49.3 Å². The summed E-state index contributed by atoms with van der Waals surface area (Å²) in [4.78, 5) is 13.1. The van der Waals surface area contributed by atoms with Gasteiger partial charge in [0.05, 0.1) is 12.1 Å². The smallest absolute Gasteiger partial charge is 0.255 e. The summed E-state index contributed by atoms with van der Waals surface area (Å²) in [5.41, 5.74) is 1.54. The lowest BCUT2D eigenvalue weighted by atomic mass is 10.2. The van der Waals surface area contributed by atoms with E-state index in [2.05, 4.69) is 34.2 Å². The first-order chi connectivity index (χ1) is 9.11. The zero-order valence-corrected chi connectivity index (χ0v) is 12.8. The fourth-order valence-electron chi connectivity index (χ4n) is 1.79. The number of hydrogen-bond donors (Lipinski definition) is 2. The third kappa shape index (κ3) is 3.36. The lowest BCUT2D eigenvalue weighted by Gasteiger charge is -2.07. The predicted molar refractivity (Wildman–Crippen MR) is 80.7 cm³/mol. The van der Waals surface area contributed by atoms with Crippen molar-refractivity contribution in [2.75, 3.05) is 0 Å². The minimum Gasteiger partial charge on any atom is -0.507 e. The summed E-state index contributed by atoms with van der Waals surface area (Å²) in [6, 6.07) is 6.92. The Morgan fingerprint density at radius 2 is 2.21 bits per heavy atom. The maximum atomic E-state index is 12.0. The second-order valence-electron chi connectivity index (χ2n) is 4.07. The molecule has 2 aromatic rings. The van der Waals surface area contributed by atoms with Crippen LogP contribution in [0.5, 0.6) is 5.75 Å². The summed E-state index contributed by atoms with van der Waals surface area (Å²) < 4.78 is 0.744. The van der Waals surface area contributed by atoms with E-state index in [1.807, 2.05) is 5.38 Å². The van der Waals surface area contributed by atoms with E-state index in [0.29, 0.717) is 6.54 Å². The van der Waals surface area contributed by atoms with Gasteiger partial charge < -0.3 is 10.4 Å². The van der Waals surface area contributed by atoms with Crippen molar-refractivity contribution in [1.82, 2.24) is 5.32 Å². The first kappa shape index (κ1) is 14.1. The number of nitrogens with one attached hydrogen (secondary N) is 1. The van der Waals surface area contributed by atoms with Gasteiger partial charge in [-0.1, -0.05) is 22.9 Å². The number of aryl methyl sites for hydroxylation is 1. The Morgan fingerprint density at radius 3 is 2.89 bits per heavy atom. The molecule has 2 N–H and O–H groups in total. The largest absolute Gasteiger partial charge is 0.507 e. The van der Waals surface area contributed by atoms with Crippen LogP contribution >= 0.6 is 27.3 Å². The molecule has 100 valence electrons. The van der Waals surface area contributed by atoms with Gasteiger partial charge in [-0.2, -0.15) is 0 Å². The molecule has 0 saturated carbocycles. The van der Waals surface area contributed by atoms with Crippen molar-refractivity contribution >= 4 is 33.2 Å². The van der Waals surface area contributed by atoms with E-state index in [4.69, 9.17) is 0 Å². The summed E-state index contributed by atoms with van der Waals surface area (Å²) in [7, 11) is 0. The van der Waals surface area contributed by atoms with Crippen molar-refractivity contribution < 1.29 is 9.90 Å². The van der Waals surface area contributed by atoms with Crippen molar-refractivity contribution in [1.29, 1.82) is 0 Å². The molecule has 0 aliphatic rings. The van der Waals surface area contributed by atoms with E-state index < -0.39 is 0 Å². The highest BCUT2D eigenvalue weighted by atomic mass is 79.9. The molecule has 1 aromatic heterocycles. The SMILES string of the molecule is CCc1ccsc1CNC(=O)c1ccc(Br)cc1O. The van der Waals surface area contributed by atoms with Crippen molar-refractivity contribution in [3.8, 4) is 5.75 Å². The van der Waals surface area contributed by atoms with Crippen LogP contribution in [0.1, 0.15) is 27.7 Å². The molecular weight excluding hydrogens is 326 g/mol.